The average Bonchev–Trinajstić information content (AvgIpc) is 2.83. The van der Waals surface area contributed by atoms with Crippen molar-refractivity contribution in [2.75, 3.05) is 36.8 Å². The van der Waals surface area contributed by atoms with Crippen LogP contribution in [0.15, 0.2) is 60.7 Å². The van der Waals surface area contributed by atoms with E-state index in [1.807, 2.05) is 60.7 Å². The van der Waals surface area contributed by atoms with Crippen LogP contribution >= 0.6 is 0 Å². The molecule has 2 unspecified atom stereocenters. The van der Waals surface area contributed by atoms with Crippen LogP contribution in [-0.2, 0) is 16.1 Å². The first-order chi connectivity index (χ1) is 16.8. The lowest BCUT2D eigenvalue weighted by molar-refractivity contribution is -0.139. The van der Waals surface area contributed by atoms with Crippen molar-refractivity contribution in [1.29, 1.82) is 0 Å². The molecule has 1 saturated heterocycles. The number of hydrazine groups is 1. The monoisotopic (exact) mass is 492 g/mol. The summed E-state index contributed by atoms with van der Waals surface area (Å²) in [6, 6.07) is 19.3. The van der Waals surface area contributed by atoms with Gasteiger partial charge in [0.05, 0.1) is 6.42 Å². The predicted octanol–water partition coefficient (Wildman–Crippen LogP) is 3.16. The number of nitrogens with two attached hydrogens (primary N) is 1. The lowest BCUT2D eigenvalue weighted by atomic mass is 10.1. The van der Waals surface area contributed by atoms with Gasteiger partial charge in [-0.05, 0) is 54.8 Å². The summed E-state index contributed by atoms with van der Waals surface area (Å²) in [5, 5.41) is 12.9. The summed E-state index contributed by atoms with van der Waals surface area (Å²) in [6.45, 7) is 3.97. The molecule has 1 aliphatic heterocycles. The van der Waals surface area contributed by atoms with Crippen LogP contribution in [0.5, 0.6) is 0 Å². The quantitative estimate of drug-likeness (QED) is 0.275. The van der Waals surface area contributed by atoms with E-state index in [1.54, 1.807) is 11.9 Å². The first-order valence-corrected chi connectivity index (χ1v) is 12.4. The van der Waals surface area contributed by atoms with E-state index in [2.05, 4.69) is 16.7 Å². The summed E-state index contributed by atoms with van der Waals surface area (Å²) in [4.78, 5) is 13.2. The van der Waals surface area contributed by atoms with E-state index in [4.69, 9.17) is 10.8 Å². The maximum atomic E-state index is 11.8. The van der Waals surface area contributed by atoms with Gasteiger partial charge in [-0.3, -0.25) is 9.35 Å². The minimum absolute atomic E-state index is 0.207. The highest BCUT2D eigenvalue weighted by Gasteiger charge is 2.30. The molecule has 2 atom stereocenters. The third kappa shape index (κ3) is 5.99. The largest absolute Gasteiger partial charge is 0.481 e. The Bertz CT molecular complexity index is 1290. The van der Waals surface area contributed by atoms with Crippen molar-refractivity contribution in [3.8, 4) is 11.8 Å². The highest BCUT2D eigenvalue weighted by molar-refractivity contribution is 7.76. The van der Waals surface area contributed by atoms with Gasteiger partial charge in [0.2, 0.25) is 11.3 Å². The Morgan fingerprint density at radius 2 is 1.71 bits per heavy atom. The molecule has 3 aromatic rings. The molecule has 35 heavy (non-hydrogen) atoms. The van der Waals surface area contributed by atoms with Crippen molar-refractivity contribution >= 4 is 39.4 Å². The number of nitrogens with zero attached hydrogens (tertiary/aromatic N) is 3. The minimum Gasteiger partial charge on any atom is -0.481 e. The van der Waals surface area contributed by atoms with E-state index >= 15 is 0 Å². The Morgan fingerprint density at radius 3 is 2.37 bits per heavy atom. The number of aliphatic carboxylic acids is 1. The molecule has 1 heterocycles. The molecule has 4 rings (SSSR count). The van der Waals surface area contributed by atoms with Gasteiger partial charge >= 0.3 is 5.97 Å². The molecule has 0 saturated carbocycles. The molecule has 0 aliphatic carbocycles. The van der Waals surface area contributed by atoms with E-state index in [1.165, 1.54) is 4.41 Å². The van der Waals surface area contributed by atoms with E-state index < -0.39 is 23.3 Å². The molecule has 1 aliphatic rings. The van der Waals surface area contributed by atoms with Gasteiger partial charge in [-0.1, -0.05) is 30.0 Å². The lowest BCUT2D eigenvalue weighted by Gasteiger charge is -2.41. The van der Waals surface area contributed by atoms with Crippen molar-refractivity contribution in [1.82, 2.24) is 9.42 Å². The number of benzene rings is 3. The third-order valence-corrected chi connectivity index (χ3v) is 6.95. The molecule has 0 spiro atoms. The highest BCUT2D eigenvalue weighted by atomic mass is 32.2. The van der Waals surface area contributed by atoms with E-state index in [9.17, 15) is 13.6 Å². The number of piperazine rings is 1. The molecule has 8 nitrogen and oxygen atoms in total. The summed E-state index contributed by atoms with van der Waals surface area (Å²) < 4.78 is 22.8. The third-order valence-electron chi connectivity index (χ3n) is 6.04. The van der Waals surface area contributed by atoms with Gasteiger partial charge in [-0.15, -0.1) is 4.41 Å². The molecule has 3 aromatic carbocycles. The molecule has 1 fully saturated rings. The Kier molecular flexibility index (Phi) is 7.68. The number of hydrogen-bond acceptors (Lipinski definition) is 5. The number of anilines is 2. The summed E-state index contributed by atoms with van der Waals surface area (Å²) in [6.07, 6.45) is -0.207. The number of carbonyl (C=O) groups is 1. The first-order valence-electron chi connectivity index (χ1n) is 11.3. The Morgan fingerprint density at radius 1 is 1.06 bits per heavy atom. The zero-order valence-electron chi connectivity index (χ0n) is 19.4. The van der Waals surface area contributed by atoms with Crippen LogP contribution in [0.3, 0.4) is 0 Å². The molecule has 0 aromatic heterocycles. The van der Waals surface area contributed by atoms with Crippen LogP contribution < -0.4 is 10.6 Å². The summed E-state index contributed by atoms with van der Waals surface area (Å²) in [5.74, 6) is 5.41. The minimum atomic E-state index is -2.28. The van der Waals surface area contributed by atoms with Crippen molar-refractivity contribution in [3.63, 3.8) is 0 Å². The second-order valence-electron chi connectivity index (χ2n) is 8.50. The van der Waals surface area contributed by atoms with Gasteiger partial charge in [0.25, 0.3) is 0 Å². The zero-order valence-corrected chi connectivity index (χ0v) is 20.2. The van der Waals surface area contributed by atoms with Gasteiger partial charge in [0, 0.05) is 60.1 Å². The fourth-order valence-electron chi connectivity index (χ4n) is 4.29. The summed E-state index contributed by atoms with van der Waals surface area (Å²) in [7, 11) is 0. The Hall–Kier alpha value is -3.42. The summed E-state index contributed by atoms with van der Waals surface area (Å²) in [5.41, 5.74) is 9.67. The van der Waals surface area contributed by atoms with Crippen LogP contribution in [0.4, 0.5) is 11.4 Å². The van der Waals surface area contributed by atoms with E-state index in [-0.39, 0.29) is 6.42 Å². The van der Waals surface area contributed by atoms with Crippen molar-refractivity contribution in [2.24, 2.45) is 0 Å². The van der Waals surface area contributed by atoms with Gasteiger partial charge in [0.1, 0.15) is 0 Å². The van der Waals surface area contributed by atoms with Gasteiger partial charge < -0.3 is 15.7 Å². The SMILES string of the molecule is CC(CC(=O)O)N(N1CCN(c2ccc(C#Cc3ccc4cccc(N)c4c3)cc2)CC1)S(=O)O. The standard InChI is InChI=1S/C26H28N4O4S/c1-19(17-26(31)32)30(35(33)34)29-15-13-28(14-16-29)23-11-8-20(9-12-23)5-6-21-7-10-22-3-2-4-25(27)24(22)18-21/h2-4,7-12,18-19H,13-17,27H2,1H3,(H,31,32)(H,33,34). The maximum Gasteiger partial charge on any atom is 0.305 e. The molecule has 0 bridgehead atoms. The fraction of sp³-hybridized carbons (Fsp3) is 0.269. The van der Waals surface area contributed by atoms with Gasteiger partial charge in [0.15, 0.2) is 0 Å². The first kappa shape index (κ1) is 24.7. The van der Waals surface area contributed by atoms with E-state index in [0.29, 0.717) is 26.2 Å². The maximum absolute atomic E-state index is 11.8. The smallest absolute Gasteiger partial charge is 0.305 e. The zero-order chi connectivity index (χ0) is 24.9. The number of carboxylic acids is 1. The number of rotatable bonds is 6. The highest BCUT2D eigenvalue weighted by Crippen LogP contribution is 2.22. The van der Waals surface area contributed by atoms with Gasteiger partial charge in [-0.25, -0.2) is 9.22 Å². The Balaban J connectivity index is 1.39. The fourth-order valence-corrected chi connectivity index (χ4v) is 5.03. The molecule has 0 radical (unpaired) electrons. The van der Waals surface area contributed by atoms with Crippen molar-refractivity contribution in [3.05, 3.63) is 71.8 Å². The number of carboxylic acid groups (broad SMARTS) is 1. The van der Waals surface area contributed by atoms with Crippen molar-refractivity contribution in [2.45, 2.75) is 19.4 Å². The van der Waals surface area contributed by atoms with Crippen LogP contribution in [-0.4, -0.2) is 61.5 Å². The lowest BCUT2D eigenvalue weighted by Crippen LogP contribution is -2.57. The van der Waals surface area contributed by atoms with Crippen LogP contribution in [0, 0.1) is 11.8 Å². The molecule has 0 amide bonds. The average molecular weight is 493 g/mol. The normalized spacial score (nSPS) is 16.0. The summed E-state index contributed by atoms with van der Waals surface area (Å²) >= 11 is -2.28. The predicted molar refractivity (Wildman–Crippen MR) is 139 cm³/mol. The Labute approximate surface area is 207 Å². The van der Waals surface area contributed by atoms with Crippen LogP contribution in [0.1, 0.15) is 24.5 Å². The molecule has 182 valence electrons. The second-order valence-corrected chi connectivity index (χ2v) is 9.34. The molecule has 4 N–H and O–H groups in total. The molecular formula is C26H28N4O4S. The van der Waals surface area contributed by atoms with E-state index in [0.717, 1.165) is 33.3 Å². The second kappa shape index (κ2) is 10.9. The van der Waals surface area contributed by atoms with Crippen LogP contribution in [0.2, 0.25) is 0 Å². The van der Waals surface area contributed by atoms with Crippen molar-refractivity contribution < 1.29 is 18.7 Å². The van der Waals surface area contributed by atoms with Gasteiger partial charge in [-0.2, -0.15) is 0 Å². The topological polar surface area (TPSA) is 110 Å². The molecular weight excluding hydrogens is 464 g/mol. The number of fused-ring (bicyclic) bond motifs is 1. The number of nitrogen functional groups attached to an aromatic ring is 1. The van der Waals surface area contributed by atoms with Crippen LogP contribution in [0.25, 0.3) is 10.8 Å². The molecule has 9 heteroatoms. The number of hydrogen-bond donors (Lipinski definition) is 3.